The maximum atomic E-state index is 11.5. The Bertz CT molecular complexity index is 563. The van der Waals surface area contributed by atoms with Gasteiger partial charge in [-0.3, -0.25) is 4.79 Å². The topological polar surface area (TPSA) is 42.0 Å². The number of aryl methyl sites for hydroxylation is 2. The SMILES string of the molecule is CSCC(=O)Nc1nc2c(C)cc(C)cc2s1. The molecule has 1 N–H and O–H groups in total. The summed E-state index contributed by atoms with van der Waals surface area (Å²) in [4.78, 5) is 15.9. The van der Waals surface area contributed by atoms with E-state index in [-0.39, 0.29) is 5.91 Å². The predicted molar refractivity (Wildman–Crippen MR) is 76.1 cm³/mol. The number of thioether (sulfide) groups is 1. The van der Waals surface area contributed by atoms with Crippen molar-refractivity contribution in [1.82, 2.24) is 4.98 Å². The number of aromatic nitrogens is 1. The van der Waals surface area contributed by atoms with E-state index < -0.39 is 0 Å². The van der Waals surface area contributed by atoms with Gasteiger partial charge in [-0.1, -0.05) is 17.4 Å². The first-order valence-corrected chi connectivity index (χ1v) is 7.48. The molecule has 17 heavy (non-hydrogen) atoms. The molecular formula is C12H14N2OS2. The first-order chi connectivity index (χ1) is 8.10. The van der Waals surface area contributed by atoms with E-state index >= 15 is 0 Å². The molecule has 0 saturated carbocycles. The Balaban J connectivity index is 2.32. The number of carbonyl (C=O) groups is 1. The second-order valence-corrected chi connectivity index (χ2v) is 5.83. The van der Waals surface area contributed by atoms with Crippen molar-refractivity contribution in [3.63, 3.8) is 0 Å². The summed E-state index contributed by atoms with van der Waals surface area (Å²) in [5.74, 6) is 0.472. The minimum absolute atomic E-state index is 0.00549. The van der Waals surface area contributed by atoms with E-state index in [4.69, 9.17) is 0 Å². The molecule has 90 valence electrons. The Morgan fingerprint density at radius 1 is 1.47 bits per heavy atom. The maximum Gasteiger partial charge on any atom is 0.236 e. The normalized spacial score (nSPS) is 10.8. The highest BCUT2D eigenvalue weighted by atomic mass is 32.2. The highest BCUT2D eigenvalue weighted by Gasteiger charge is 2.09. The minimum Gasteiger partial charge on any atom is -0.301 e. The number of hydrogen-bond acceptors (Lipinski definition) is 4. The molecule has 0 unspecified atom stereocenters. The fourth-order valence-electron chi connectivity index (χ4n) is 1.71. The number of rotatable bonds is 3. The second kappa shape index (κ2) is 5.06. The smallest absolute Gasteiger partial charge is 0.236 e. The van der Waals surface area contributed by atoms with Crippen LogP contribution < -0.4 is 5.32 Å². The van der Waals surface area contributed by atoms with Gasteiger partial charge in [0.1, 0.15) is 0 Å². The predicted octanol–water partition coefficient (Wildman–Crippen LogP) is 3.21. The van der Waals surface area contributed by atoms with Gasteiger partial charge in [0.2, 0.25) is 5.91 Å². The molecule has 2 aromatic rings. The number of carbonyl (C=O) groups excluding carboxylic acids is 1. The third-order valence-corrected chi connectivity index (χ3v) is 3.82. The lowest BCUT2D eigenvalue weighted by Crippen LogP contribution is -2.13. The molecule has 0 fully saturated rings. The molecule has 1 amide bonds. The first kappa shape index (κ1) is 12.4. The molecule has 3 nitrogen and oxygen atoms in total. The molecule has 0 aliphatic rings. The van der Waals surface area contributed by atoms with Crippen molar-refractivity contribution in [3.05, 3.63) is 23.3 Å². The molecule has 0 atom stereocenters. The van der Waals surface area contributed by atoms with E-state index in [0.29, 0.717) is 10.9 Å². The number of thiazole rings is 1. The van der Waals surface area contributed by atoms with Crippen LogP contribution in [0.3, 0.4) is 0 Å². The maximum absolute atomic E-state index is 11.5. The molecule has 1 aromatic carbocycles. The van der Waals surface area contributed by atoms with Crippen LogP contribution in [-0.2, 0) is 4.79 Å². The van der Waals surface area contributed by atoms with Crippen molar-refractivity contribution in [3.8, 4) is 0 Å². The fraction of sp³-hybridized carbons (Fsp3) is 0.333. The van der Waals surface area contributed by atoms with Crippen molar-refractivity contribution in [2.45, 2.75) is 13.8 Å². The van der Waals surface area contributed by atoms with Crippen molar-refractivity contribution >= 4 is 44.4 Å². The molecule has 2 rings (SSSR count). The zero-order valence-corrected chi connectivity index (χ0v) is 11.7. The second-order valence-electron chi connectivity index (χ2n) is 3.93. The van der Waals surface area contributed by atoms with Gasteiger partial charge in [-0.25, -0.2) is 4.98 Å². The quantitative estimate of drug-likeness (QED) is 0.927. The fourth-order valence-corrected chi connectivity index (χ4v) is 3.10. The van der Waals surface area contributed by atoms with Gasteiger partial charge in [-0.15, -0.1) is 0 Å². The van der Waals surface area contributed by atoms with E-state index in [1.54, 1.807) is 0 Å². The van der Waals surface area contributed by atoms with Crippen LogP contribution in [0.25, 0.3) is 10.2 Å². The van der Waals surface area contributed by atoms with Crippen LogP contribution in [-0.4, -0.2) is 22.9 Å². The van der Waals surface area contributed by atoms with Gasteiger partial charge in [-0.2, -0.15) is 11.8 Å². The van der Waals surface area contributed by atoms with Gasteiger partial charge in [0.05, 0.1) is 16.0 Å². The van der Waals surface area contributed by atoms with Crippen molar-refractivity contribution in [1.29, 1.82) is 0 Å². The molecule has 1 aromatic heterocycles. The number of nitrogens with zero attached hydrogens (tertiary/aromatic N) is 1. The molecule has 0 aliphatic heterocycles. The first-order valence-electron chi connectivity index (χ1n) is 5.26. The summed E-state index contributed by atoms with van der Waals surface area (Å²) < 4.78 is 1.13. The van der Waals surface area contributed by atoms with Gasteiger partial charge in [-0.05, 0) is 37.3 Å². The largest absolute Gasteiger partial charge is 0.301 e. The summed E-state index contributed by atoms with van der Waals surface area (Å²) in [6.45, 7) is 4.11. The van der Waals surface area contributed by atoms with E-state index in [1.807, 2.05) is 13.2 Å². The number of hydrogen-bond donors (Lipinski definition) is 1. The number of amides is 1. The van der Waals surface area contributed by atoms with Crippen LogP contribution in [0.2, 0.25) is 0 Å². The number of fused-ring (bicyclic) bond motifs is 1. The van der Waals surface area contributed by atoms with E-state index in [9.17, 15) is 4.79 Å². The Morgan fingerprint density at radius 2 is 2.24 bits per heavy atom. The van der Waals surface area contributed by atoms with Gasteiger partial charge in [0, 0.05) is 0 Å². The number of nitrogens with one attached hydrogen (secondary N) is 1. The third-order valence-electron chi connectivity index (χ3n) is 2.35. The van der Waals surface area contributed by atoms with Crippen molar-refractivity contribution in [2.24, 2.45) is 0 Å². The van der Waals surface area contributed by atoms with Gasteiger partial charge < -0.3 is 5.32 Å². The van der Waals surface area contributed by atoms with E-state index in [0.717, 1.165) is 15.8 Å². The van der Waals surface area contributed by atoms with Crippen LogP contribution in [0.4, 0.5) is 5.13 Å². The lowest BCUT2D eigenvalue weighted by molar-refractivity contribution is -0.113. The summed E-state index contributed by atoms with van der Waals surface area (Å²) in [5, 5.41) is 3.51. The average molecular weight is 266 g/mol. The van der Waals surface area contributed by atoms with Crippen molar-refractivity contribution < 1.29 is 4.79 Å². The van der Waals surface area contributed by atoms with E-state index in [2.05, 4.69) is 29.4 Å². The third kappa shape index (κ3) is 2.79. The van der Waals surface area contributed by atoms with Crippen LogP contribution in [0.5, 0.6) is 0 Å². The van der Waals surface area contributed by atoms with Gasteiger partial charge >= 0.3 is 0 Å². The van der Waals surface area contributed by atoms with Crippen LogP contribution >= 0.6 is 23.1 Å². The summed E-state index contributed by atoms with van der Waals surface area (Å²) in [6.07, 6.45) is 1.91. The highest BCUT2D eigenvalue weighted by Crippen LogP contribution is 2.29. The Morgan fingerprint density at radius 3 is 2.94 bits per heavy atom. The Labute approximate surface area is 109 Å². The monoisotopic (exact) mass is 266 g/mol. The van der Waals surface area contributed by atoms with Crippen LogP contribution in [0.1, 0.15) is 11.1 Å². The highest BCUT2D eigenvalue weighted by molar-refractivity contribution is 7.99. The molecule has 0 bridgehead atoms. The average Bonchev–Trinajstić information content (AvgIpc) is 2.60. The number of benzene rings is 1. The Hall–Kier alpha value is -1.07. The van der Waals surface area contributed by atoms with Crippen molar-refractivity contribution in [2.75, 3.05) is 17.3 Å². The van der Waals surface area contributed by atoms with Gasteiger partial charge in [0.25, 0.3) is 0 Å². The zero-order chi connectivity index (χ0) is 12.4. The van der Waals surface area contributed by atoms with Gasteiger partial charge in [0.15, 0.2) is 5.13 Å². The molecule has 5 heteroatoms. The molecular weight excluding hydrogens is 252 g/mol. The summed E-state index contributed by atoms with van der Waals surface area (Å²) >= 11 is 3.03. The zero-order valence-electron chi connectivity index (χ0n) is 10.0. The lowest BCUT2D eigenvalue weighted by atomic mass is 10.1. The van der Waals surface area contributed by atoms with Crippen LogP contribution in [0.15, 0.2) is 12.1 Å². The standard InChI is InChI=1S/C12H14N2OS2/c1-7-4-8(2)11-9(5-7)17-12(14-11)13-10(15)6-16-3/h4-5H,6H2,1-3H3,(H,13,14,15). The minimum atomic E-state index is 0.00549. The lowest BCUT2D eigenvalue weighted by Gasteiger charge is -1.97. The summed E-state index contributed by atoms with van der Waals surface area (Å²) in [6, 6.07) is 4.21. The molecule has 0 radical (unpaired) electrons. The molecule has 0 saturated heterocycles. The number of anilines is 1. The molecule has 0 spiro atoms. The molecule has 1 heterocycles. The summed E-state index contributed by atoms with van der Waals surface area (Å²) in [7, 11) is 0. The van der Waals surface area contributed by atoms with Crippen LogP contribution in [0, 0.1) is 13.8 Å². The van der Waals surface area contributed by atoms with E-state index in [1.165, 1.54) is 28.7 Å². The molecule has 0 aliphatic carbocycles. The Kier molecular flexibility index (Phi) is 3.69. The summed E-state index contributed by atoms with van der Waals surface area (Å²) in [5.41, 5.74) is 3.36.